The summed E-state index contributed by atoms with van der Waals surface area (Å²) in [5.74, 6) is 0.0359. The van der Waals surface area contributed by atoms with Crippen LogP contribution in [0.25, 0.3) is 0 Å². The summed E-state index contributed by atoms with van der Waals surface area (Å²) in [7, 11) is -3.69. The standard InChI is InChI=1S/C25H27NO4S/c1-18-11-13-23(14-12-18)31(28,29)26-16-22-10-6-9-21(15-20-7-4-3-5-8-20)25(22)24(17-26)30-19(2)27/h3-5,7-9,11-14,22H,6,10,15-17H2,1-2H3/t22-/m1/s1. The van der Waals surface area contributed by atoms with Crippen molar-refractivity contribution in [2.75, 3.05) is 13.1 Å². The summed E-state index contributed by atoms with van der Waals surface area (Å²) >= 11 is 0. The Morgan fingerprint density at radius 3 is 2.48 bits per heavy atom. The second-order valence-electron chi connectivity index (χ2n) is 8.21. The number of hydrogen-bond acceptors (Lipinski definition) is 4. The topological polar surface area (TPSA) is 63.7 Å². The van der Waals surface area contributed by atoms with Gasteiger partial charge >= 0.3 is 5.97 Å². The lowest BCUT2D eigenvalue weighted by Crippen LogP contribution is -2.43. The van der Waals surface area contributed by atoms with Crippen LogP contribution in [0, 0.1) is 12.8 Å². The first-order valence-corrected chi connectivity index (χ1v) is 12.0. The molecule has 1 aliphatic heterocycles. The lowest BCUT2D eigenvalue weighted by molar-refractivity contribution is -0.137. The van der Waals surface area contributed by atoms with E-state index in [2.05, 4.69) is 18.2 Å². The van der Waals surface area contributed by atoms with E-state index in [0.29, 0.717) is 12.3 Å². The number of allylic oxidation sites excluding steroid dienone is 2. The van der Waals surface area contributed by atoms with Crippen LogP contribution < -0.4 is 0 Å². The molecule has 4 rings (SSSR count). The fraction of sp³-hybridized carbons (Fsp3) is 0.320. The van der Waals surface area contributed by atoms with Gasteiger partial charge in [0.15, 0.2) is 0 Å². The fourth-order valence-electron chi connectivity index (χ4n) is 4.41. The first-order chi connectivity index (χ1) is 14.8. The highest BCUT2D eigenvalue weighted by atomic mass is 32.2. The number of rotatable bonds is 5. The highest BCUT2D eigenvalue weighted by molar-refractivity contribution is 7.89. The Bertz CT molecular complexity index is 1130. The van der Waals surface area contributed by atoms with Crippen LogP contribution in [0.15, 0.2) is 82.5 Å². The molecule has 0 aromatic heterocycles. The molecule has 0 saturated carbocycles. The van der Waals surface area contributed by atoms with E-state index in [-0.39, 0.29) is 17.4 Å². The number of ether oxygens (including phenoxy) is 1. The van der Waals surface area contributed by atoms with Crippen molar-refractivity contribution in [3.63, 3.8) is 0 Å². The van der Waals surface area contributed by atoms with Crippen molar-refractivity contribution >= 4 is 16.0 Å². The molecule has 0 bridgehead atoms. The number of hydrogen-bond donors (Lipinski definition) is 0. The average Bonchev–Trinajstić information content (AvgIpc) is 2.74. The molecule has 0 fully saturated rings. The summed E-state index contributed by atoms with van der Waals surface area (Å²) < 4.78 is 33.7. The Morgan fingerprint density at radius 1 is 1.10 bits per heavy atom. The van der Waals surface area contributed by atoms with Crippen LogP contribution in [0.2, 0.25) is 0 Å². The summed E-state index contributed by atoms with van der Waals surface area (Å²) in [4.78, 5) is 12.1. The smallest absolute Gasteiger partial charge is 0.307 e. The molecular formula is C25H27NO4S. The van der Waals surface area contributed by atoms with E-state index < -0.39 is 16.0 Å². The van der Waals surface area contributed by atoms with Crippen molar-refractivity contribution in [2.24, 2.45) is 5.92 Å². The SMILES string of the molecule is CC(=O)OC1=C2C(Cc3ccccc3)=CCC[C@@H]2CN(S(=O)(=O)c2ccc(C)cc2)C1. The van der Waals surface area contributed by atoms with Crippen molar-refractivity contribution in [3.05, 3.63) is 88.7 Å². The molecule has 2 aromatic rings. The first kappa shape index (κ1) is 21.5. The van der Waals surface area contributed by atoms with Gasteiger partial charge in [0.1, 0.15) is 5.76 Å². The molecule has 31 heavy (non-hydrogen) atoms. The molecule has 162 valence electrons. The number of fused-ring (bicyclic) bond motifs is 1. The third kappa shape index (κ3) is 4.65. The Balaban J connectivity index is 1.70. The van der Waals surface area contributed by atoms with E-state index >= 15 is 0 Å². The number of aryl methyl sites for hydroxylation is 1. The van der Waals surface area contributed by atoms with E-state index in [1.807, 2.05) is 25.1 Å². The Kier molecular flexibility index (Phi) is 6.12. The zero-order valence-electron chi connectivity index (χ0n) is 17.9. The van der Waals surface area contributed by atoms with Gasteiger partial charge in [-0.15, -0.1) is 0 Å². The lowest BCUT2D eigenvalue weighted by Gasteiger charge is -2.38. The van der Waals surface area contributed by atoms with Crippen molar-refractivity contribution in [1.29, 1.82) is 0 Å². The molecule has 0 radical (unpaired) electrons. The summed E-state index contributed by atoms with van der Waals surface area (Å²) in [5.41, 5.74) is 4.31. The number of benzene rings is 2. The van der Waals surface area contributed by atoms with E-state index in [0.717, 1.165) is 36.0 Å². The van der Waals surface area contributed by atoms with Gasteiger partial charge in [0.25, 0.3) is 0 Å². The Hall–Kier alpha value is -2.70. The summed E-state index contributed by atoms with van der Waals surface area (Å²) in [6.07, 6.45) is 4.65. The van der Waals surface area contributed by atoms with Crippen molar-refractivity contribution < 1.29 is 17.9 Å². The van der Waals surface area contributed by atoms with Gasteiger partial charge in [0.2, 0.25) is 10.0 Å². The number of sulfonamides is 1. The third-order valence-electron chi connectivity index (χ3n) is 5.87. The quantitative estimate of drug-likeness (QED) is 0.651. The third-order valence-corrected chi connectivity index (χ3v) is 7.69. The monoisotopic (exact) mass is 437 g/mol. The van der Waals surface area contributed by atoms with Crippen molar-refractivity contribution in [3.8, 4) is 0 Å². The maximum absolute atomic E-state index is 13.3. The van der Waals surface area contributed by atoms with Gasteiger partial charge in [-0.05, 0) is 55.0 Å². The molecule has 5 nitrogen and oxygen atoms in total. The molecule has 1 heterocycles. The predicted molar refractivity (Wildman–Crippen MR) is 120 cm³/mol. The van der Waals surface area contributed by atoms with Crippen LogP contribution >= 0.6 is 0 Å². The zero-order chi connectivity index (χ0) is 22.0. The van der Waals surface area contributed by atoms with E-state index in [4.69, 9.17) is 4.74 Å². The highest BCUT2D eigenvalue weighted by Gasteiger charge is 2.38. The fourth-order valence-corrected chi connectivity index (χ4v) is 5.85. The number of nitrogens with zero attached hydrogens (tertiary/aromatic N) is 1. The largest absolute Gasteiger partial charge is 0.430 e. The molecule has 1 atom stereocenters. The van der Waals surface area contributed by atoms with Crippen LogP contribution in [0.5, 0.6) is 0 Å². The van der Waals surface area contributed by atoms with Crippen molar-refractivity contribution in [1.82, 2.24) is 4.31 Å². The molecule has 2 aromatic carbocycles. The summed E-state index contributed by atoms with van der Waals surface area (Å²) in [6.45, 7) is 3.74. The second kappa shape index (κ2) is 8.81. The van der Waals surface area contributed by atoms with Crippen LogP contribution in [0.4, 0.5) is 0 Å². The van der Waals surface area contributed by atoms with Gasteiger partial charge in [-0.1, -0.05) is 54.1 Å². The number of carbonyl (C=O) groups excluding carboxylic acids is 1. The van der Waals surface area contributed by atoms with Gasteiger partial charge in [0.05, 0.1) is 11.4 Å². The van der Waals surface area contributed by atoms with Gasteiger partial charge < -0.3 is 4.74 Å². The highest BCUT2D eigenvalue weighted by Crippen LogP contribution is 2.39. The van der Waals surface area contributed by atoms with Crippen LogP contribution in [0.1, 0.15) is 30.9 Å². The molecule has 0 N–H and O–H groups in total. The van der Waals surface area contributed by atoms with Crippen molar-refractivity contribution in [2.45, 2.75) is 38.0 Å². The molecule has 0 amide bonds. The van der Waals surface area contributed by atoms with Gasteiger partial charge in [-0.25, -0.2) is 8.42 Å². The lowest BCUT2D eigenvalue weighted by atomic mass is 9.79. The van der Waals surface area contributed by atoms with Gasteiger partial charge in [0, 0.05) is 19.4 Å². The molecule has 6 heteroatoms. The first-order valence-electron chi connectivity index (χ1n) is 10.6. The zero-order valence-corrected chi connectivity index (χ0v) is 18.7. The van der Waals surface area contributed by atoms with Crippen LogP contribution in [-0.4, -0.2) is 31.8 Å². The summed E-state index contributed by atoms with van der Waals surface area (Å²) in [6, 6.07) is 17.0. The summed E-state index contributed by atoms with van der Waals surface area (Å²) in [5, 5.41) is 0. The van der Waals surface area contributed by atoms with E-state index in [1.54, 1.807) is 24.3 Å². The van der Waals surface area contributed by atoms with E-state index in [1.165, 1.54) is 16.8 Å². The Morgan fingerprint density at radius 2 is 1.81 bits per heavy atom. The van der Waals surface area contributed by atoms with Crippen LogP contribution in [0.3, 0.4) is 0 Å². The molecular weight excluding hydrogens is 410 g/mol. The normalized spacial score (nSPS) is 19.5. The number of esters is 1. The molecule has 0 saturated heterocycles. The maximum Gasteiger partial charge on any atom is 0.307 e. The van der Waals surface area contributed by atoms with Gasteiger partial charge in [-0.2, -0.15) is 4.31 Å². The Labute approximate surface area is 184 Å². The average molecular weight is 438 g/mol. The molecule has 1 aliphatic carbocycles. The molecule has 0 unspecified atom stereocenters. The minimum atomic E-state index is -3.69. The van der Waals surface area contributed by atoms with Gasteiger partial charge in [-0.3, -0.25) is 4.79 Å². The van der Waals surface area contributed by atoms with E-state index in [9.17, 15) is 13.2 Å². The second-order valence-corrected chi connectivity index (χ2v) is 10.1. The minimum Gasteiger partial charge on any atom is -0.430 e. The van der Waals surface area contributed by atoms with Crippen LogP contribution in [-0.2, 0) is 26.0 Å². The minimum absolute atomic E-state index is 0.00651. The maximum atomic E-state index is 13.3. The predicted octanol–water partition coefficient (Wildman–Crippen LogP) is 4.40. The molecule has 0 spiro atoms. The molecule has 2 aliphatic rings. The number of carbonyl (C=O) groups is 1.